The molecule has 1 saturated carbocycles. The van der Waals surface area contributed by atoms with Crippen LogP contribution in [0.15, 0.2) is 17.8 Å². The summed E-state index contributed by atoms with van der Waals surface area (Å²) in [5.41, 5.74) is 0.384. The van der Waals surface area contributed by atoms with Gasteiger partial charge in [-0.25, -0.2) is 9.97 Å². The van der Waals surface area contributed by atoms with E-state index in [1.165, 1.54) is 12.8 Å². The average molecular weight is 330 g/mol. The van der Waals surface area contributed by atoms with Gasteiger partial charge >= 0.3 is 0 Å². The third kappa shape index (κ3) is 2.69. The van der Waals surface area contributed by atoms with E-state index in [9.17, 15) is 4.79 Å². The second-order valence-electron chi connectivity index (χ2n) is 6.76. The standard InChI is InChI=1S/C17H22N4OS/c1-2-17(6-7-17)10-18-15(22)13-4-3-8-21(13)14-12-5-9-23-16(12)20-11-19-14/h5,9,11,13H,2-4,6-8,10H2,1H3,(H,18,22)/t13-/m1/s1. The minimum absolute atomic E-state index is 0.0966. The van der Waals surface area contributed by atoms with Gasteiger partial charge in [-0.1, -0.05) is 6.92 Å². The van der Waals surface area contributed by atoms with Crippen molar-refractivity contribution in [1.29, 1.82) is 0 Å². The van der Waals surface area contributed by atoms with Gasteiger partial charge in [0.15, 0.2) is 0 Å². The quantitative estimate of drug-likeness (QED) is 0.916. The maximum absolute atomic E-state index is 12.7. The lowest BCUT2D eigenvalue weighted by Crippen LogP contribution is -2.45. The number of nitrogens with one attached hydrogen (secondary N) is 1. The maximum Gasteiger partial charge on any atom is 0.242 e. The summed E-state index contributed by atoms with van der Waals surface area (Å²) in [7, 11) is 0. The molecule has 0 aromatic carbocycles. The Morgan fingerprint density at radius 1 is 1.48 bits per heavy atom. The van der Waals surface area contributed by atoms with Crippen molar-refractivity contribution >= 4 is 33.3 Å². The molecule has 0 unspecified atom stereocenters. The summed E-state index contributed by atoms with van der Waals surface area (Å²) in [4.78, 5) is 24.6. The van der Waals surface area contributed by atoms with Crippen LogP contribution in [0.3, 0.4) is 0 Å². The highest BCUT2D eigenvalue weighted by Gasteiger charge is 2.41. The second kappa shape index (κ2) is 5.74. The fraction of sp³-hybridized carbons (Fsp3) is 0.588. The molecule has 1 aliphatic heterocycles. The van der Waals surface area contributed by atoms with Crippen LogP contribution in [-0.4, -0.2) is 35.0 Å². The first kappa shape index (κ1) is 14.9. The molecule has 2 aliphatic rings. The monoisotopic (exact) mass is 330 g/mol. The molecule has 1 amide bonds. The highest BCUT2D eigenvalue weighted by molar-refractivity contribution is 7.16. The van der Waals surface area contributed by atoms with Gasteiger partial charge in [0, 0.05) is 13.1 Å². The molecule has 0 radical (unpaired) electrons. The Morgan fingerprint density at radius 2 is 2.35 bits per heavy atom. The number of fused-ring (bicyclic) bond motifs is 1. The van der Waals surface area contributed by atoms with Crippen molar-refractivity contribution in [1.82, 2.24) is 15.3 Å². The van der Waals surface area contributed by atoms with Gasteiger partial charge in [0.2, 0.25) is 5.91 Å². The van der Waals surface area contributed by atoms with E-state index in [0.717, 1.165) is 48.4 Å². The molecule has 2 aromatic rings. The molecule has 0 spiro atoms. The predicted molar refractivity (Wildman–Crippen MR) is 92.8 cm³/mol. The number of hydrogen-bond donors (Lipinski definition) is 1. The molecule has 1 aliphatic carbocycles. The zero-order valence-electron chi connectivity index (χ0n) is 13.4. The van der Waals surface area contributed by atoms with Crippen molar-refractivity contribution in [2.24, 2.45) is 5.41 Å². The van der Waals surface area contributed by atoms with Crippen molar-refractivity contribution in [2.75, 3.05) is 18.0 Å². The Balaban J connectivity index is 1.52. The first-order valence-corrected chi connectivity index (χ1v) is 9.33. The van der Waals surface area contributed by atoms with Gasteiger partial charge in [0.25, 0.3) is 0 Å². The minimum Gasteiger partial charge on any atom is -0.354 e. The number of thiophene rings is 1. The van der Waals surface area contributed by atoms with Crippen LogP contribution >= 0.6 is 11.3 Å². The van der Waals surface area contributed by atoms with Crippen LogP contribution in [0, 0.1) is 5.41 Å². The molecule has 5 nitrogen and oxygen atoms in total. The van der Waals surface area contributed by atoms with Crippen LogP contribution in [0.5, 0.6) is 0 Å². The molecule has 3 heterocycles. The fourth-order valence-electron chi connectivity index (χ4n) is 3.52. The van der Waals surface area contributed by atoms with Crippen molar-refractivity contribution in [2.45, 2.75) is 45.1 Å². The largest absolute Gasteiger partial charge is 0.354 e. The van der Waals surface area contributed by atoms with E-state index in [4.69, 9.17) is 0 Å². The molecular weight excluding hydrogens is 308 g/mol. The smallest absolute Gasteiger partial charge is 0.242 e. The van der Waals surface area contributed by atoms with Crippen LogP contribution in [0.1, 0.15) is 39.0 Å². The number of anilines is 1. The Kier molecular flexibility index (Phi) is 3.71. The molecule has 1 N–H and O–H groups in total. The molecule has 23 heavy (non-hydrogen) atoms. The number of amides is 1. The summed E-state index contributed by atoms with van der Waals surface area (Å²) in [5.74, 6) is 1.06. The molecule has 6 heteroatoms. The average Bonchev–Trinajstić information content (AvgIpc) is 3.00. The van der Waals surface area contributed by atoms with Crippen molar-refractivity contribution in [3.63, 3.8) is 0 Å². The van der Waals surface area contributed by atoms with E-state index in [-0.39, 0.29) is 11.9 Å². The highest BCUT2D eigenvalue weighted by atomic mass is 32.1. The van der Waals surface area contributed by atoms with Crippen LogP contribution in [0.25, 0.3) is 10.2 Å². The summed E-state index contributed by atoms with van der Waals surface area (Å²) in [6, 6.07) is 1.96. The number of carbonyl (C=O) groups excluding carboxylic acids is 1. The van der Waals surface area contributed by atoms with Crippen molar-refractivity contribution < 1.29 is 4.79 Å². The molecular formula is C17H22N4OS. The van der Waals surface area contributed by atoms with E-state index in [1.54, 1.807) is 17.7 Å². The molecule has 2 aromatic heterocycles. The summed E-state index contributed by atoms with van der Waals surface area (Å²) in [6.45, 7) is 3.93. The molecule has 1 saturated heterocycles. The van der Waals surface area contributed by atoms with E-state index in [0.29, 0.717) is 5.41 Å². The lowest BCUT2D eigenvalue weighted by atomic mass is 10.0. The summed E-state index contributed by atoms with van der Waals surface area (Å²) < 4.78 is 0. The van der Waals surface area contributed by atoms with E-state index in [1.807, 2.05) is 5.38 Å². The Labute approximate surface area is 140 Å². The summed E-state index contributed by atoms with van der Waals surface area (Å²) in [5, 5.41) is 6.29. The minimum atomic E-state index is -0.0966. The number of nitrogens with zero attached hydrogens (tertiary/aromatic N) is 3. The first-order chi connectivity index (χ1) is 11.2. The van der Waals surface area contributed by atoms with Gasteiger partial charge in [-0.05, 0) is 49.0 Å². The zero-order valence-corrected chi connectivity index (χ0v) is 14.2. The Morgan fingerprint density at radius 3 is 3.13 bits per heavy atom. The first-order valence-electron chi connectivity index (χ1n) is 8.45. The van der Waals surface area contributed by atoms with Crippen LogP contribution in [0.4, 0.5) is 5.82 Å². The molecule has 2 fully saturated rings. The third-order valence-corrected chi connectivity index (χ3v) is 6.23. The number of hydrogen-bond acceptors (Lipinski definition) is 5. The van der Waals surface area contributed by atoms with E-state index >= 15 is 0 Å². The molecule has 4 rings (SSSR count). The molecule has 122 valence electrons. The maximum atomic E-state index is 12.7. The second-order valence-corrected chi connectivity index (χ2v) is 7.65. The van der Waals surface area contributed by atoms with Crippen molar-refractivity contribution in [3.8, 4) is 0 Å². The zero-order chi connectivity index (χ0) is 15.9. The van der Waals surface area contributed by atoms with E-state index in [2.05, 4.69) is 33.2 Å². The molecule has 1 atom stereocenters. The van der Waals surface area contributed by atoms with Crippen molar-refractivity contribution in [3.05, 3.63) is 17.8 Å². The topological polar surface area (TPSA) is 58.1 Å². The Hall–Kier alpha value is -1.69. The van der Waals surface area contributed by atoms with Gasteiger partial charge in [0.05, 0.1) is 5.39 Å². The lowest BCUT2D eigenvalue weighted by Gasteiger charge is -2.26. The predicted octanol–water partition coefficient (Wildman–Crippen LogP) is 2.97. The fourth-order valence-corrected chi connectivity index (χ4v) is 4.25. The lowest BCUT2D eigenvalue weighted by molar-refractivity contribution is -0.122. The summed E-state index contributed by atoms with van der Waals surface area (Å²) in [6.07, 6.45) is 7.20. The Bertz CT molecular complexity index is 724. The molecule has 0 bridgehead atoms. The van der Waals surface area contributed by atoms with Gasteiger partial charge in [-0.15, -0.1) is 11.3 Å². The van der Waals surface area contributed by atoms with Crippen LogP contribution in [-0.2, 0) is 4.79 Å². The normalized spacial score (nSPS) is 22.5. The number of aromatic nitrogens is 2. The number of rotatable bonds is 5. The SMILES string of the molecule is CCC1(CNC(=O)[C@H]2CCCN2c2ncnc3sccc23)CC1. The van der Waals surface area contributed by atoms with Crippen LogP contribution < -0.4 is 10.2 Å². The van der Waals surface area contributed by atoms with Gasteiger partial charge in [-0.3, -0.25) is 4.79 Å². The number of carbonyl (C=O) groups is 1. The van der Waals surface area contributed by atoms with Gasteiger partial charge in [-0.2, -0.15) is 0 Å². The van der Waals surface area contributed by atoms with E-state index < -0.39 is 0 Å². The third-order valence-electron chi connectivity index (χ3n) is 5.41. The van der Waals surface area contributed by atoms with Crippen LogP contribution in [0.2, 0.25) is 0 Å². The van der Waals surface area contributed by atoms with Gasteiger partial charge in [0.1, 0.15) is 23.0 Å². The highest BCUT2D eigenvalue weighted by Crippen LogP contribution is 2.47. The van der Waals surface area contributed by atoms with Gasteiger partial charge < -0.3 is 10.2 Å². The summed E-state index contributed by atoms with van der Waals surface area (Å²) >= 11 is 1.62.